The fourth-order valence-corrected chi connectivity index (χ4v) is 1.36. The van der Waals surface area contributed by atoms with Gasteiger partial charge in [0, 0.05) is 11.6 Å². The van der Waals surface area contributed by atoms with Gasteiger partial charge in [0.1, 0.15) is 10.7 Å². The Bertz CT molecular complexity index is 371. The number of thiazole rings is 1. The van der Waals surface area contributed by atoms with Crippen LogP contribution in [-0.2, 0) is 0 Å². The Kier molecular flexibility index (Phi) is 1.67. The summed E-state index contributed by atoms with van der Waals surface area (Å²) in [7, 11) is 0. The molecule has 0 aliphatic rings. The minimum Gasteiger partial charge on any atom is -0.366 e. The maximum absolute atomic E-state index is 5.36. The average molecular weight is 179 g/mol. The van der Waals surface area contributed by atoms with Gasteiger partial charge in [-0.05, 0) is 0 Å². The Morgan fingerprint density at radius 3 is 3.00 bits per heavy atom. The predicted octanol–water partition coefficient (Wildman–Crippen LogP) is 0.577. The molecule has 0 unspecified atom stereocenters. The topological polar surface area (TPSA) is 77.6 Å². The summed E-state index contributed by atoms with van der Waals surface area (Å²) in [5.41, 5.74) is 6.02. The minimum atomic E-state index is 0.169. The first-order valence-corrected chi connectivity index (χ1v) is 4.09. The van der Waals surface area contributed by atoms with Gasteiger partial charge in [-0.3, -0.25) is 0 Å². The zero-order chi connectivity index (χ0) is 8.39. The molecular formula is C6H5N5S. The van der Waals surface area contributed by atoms with E-state index >= 15 is 0 Å². The van der Waals surface area contributed by atoms with E-state index in [9.17, 15) is 0 Å². The fraction of sp³-hybridized carbons (Fsp3) is 0. The maximum atomic E-state index is 5.36. The second-order valence-electron chi connectivity index (χ2n) is 2.04. The van der Waals surface area contributed by atoms with Gasteiger partial charge >= 0.3 is 0 Å². The zero-order valence-electron chi connectivity index (χ0n) is 6.01. The Morgan fingerprint density at radius 1 is 1.42 bits per heavy atom. The molecular weight excluding hydrogens is 174 g/mol. The number of hydrogen-bond acceptors (Lipinski definition) is 6. The van der Waals surface area contributed by atoms with Crippen molar-refractivity contribution in [2.75, 3.05) is 5.73 Å². The third-order valence-corrected chi connectivity index (χ3v) is 2.02. The molecule has 0 atom stereocenters. The first kappa shape index (κ1) is 7.11. The van der Waals surface area contributed by atoms with E-state index in [0.29, 0.717) is 5.69 Å². The highest BCUT2D eigenvalue weighted by molar-refractivity contribution is 7.13. The van der Waals surface area contributed by atoms with Gasteiger partial charge in [0.05, 0.1) is 6.20 Å². The Balaban J connectivity index is 2.48. The Labute approximate surface area is 72.3 Å². The van der Waals surface area contributed by atoms with Gasteiger partial charge < -0.3 is 5.73 Å². The number of hydrogen-bond donors (Lipinski definition) is 1. The number of nitrogens with two attached hydrogens (primary N) is 1. The van der Waals surface area contributed by atoms with Crippen molar-refractivity contribution in [3.8, 4) is 10.7 Å². The maximum Gasteiger partial charge on any atom is 0.240 e. The molecule has 2 heterocycles. The molecule has 2 N–H and O–H groups in total. The molecule has 12 heavy (non-hydrogen) atoms. The van der Waals surface area contributed by atoms with E-state index in [-0.39, 0.29) is 5.95 Å². The molecule has 0 bridgehead atoms. The number of rotatable bonds is 1. The second-order valence-corrected chi connectivity index (χ2v) is 2.93. The lowest BCUT2D eigenvalue weighted by molar-refractivity contribution is 0.989. The van der Waals surface area contributed by atoms with E-state index in [4.69, 9.17) is 5.73 Å². The monoisotopic (exact) mass is 179 g/mol. The van der Waals surface area contributed by atoms with Crippen molar-refractivity contribution >= 4 is 17.3 Å². The molecule has 0 amide bonds. The molecule has 0 aliphatic heterocycles. The average Bonchev–Trinajstić information content (AvgIpc) is 2.56. The molecule has 0 spiro atoms. The van der Waals surface area contributed by atoms with Crippen LogP contribution in [0.25, 0.3) is 10.7 Å². The van der Waals surface area contributed by atoms with Gasteiger partial charge in [-0.1, -0.05) is 0 Å². The SMILES string of the molecule is Nc1nncc(-c2nccs2)n1. The van der Waals surface area contributed by atoms with Crippen LogP contribution in [0.3, 0.4) is 0 Å². The van der Waals surface area contributed by atoms with E-state index < -0.39 is 0 Å². The lowest BCUT2D eigenvalue weighted by Crippen LogP contribution is -1.97. The van der Waals surface area contributed by atoms with Crippen LogP contribution in [0.1, 0.15) is 0 Å². The van der Waals surface area contributed by atoms with Crippen molar-refractivity contribution in [2.45, 2.75) is 0 Å². The van der Waals surface area contributed by atoms with Crippen LogP contribution in [-0.4, -0.2) is 20.2 Å². The molecule has 0 radical (unpaired) electrons. The van der Waals surface area contributed by atoms with Crippen LogP contribution in [0, 0.1) is 0 Å². The van der Waals surface area contributed by atoms with Crippen molar-refractivity contribution in [1.82, 2.24) is 20.2 Å². The van der Waals surface area contributed by atoms with Crippen LogP contribution >= 0.6 is 11.3 Å². The van der Waals surface area contributed by atoms with Gasteiger partial charge in [0.15, 0.2) is 0 Å². The van der Waals surface area contributed by atoms with Crippen molar-refractivity contribution in [1.29, 1.82) is 0 Å². The second kappa shape index (κ2) is 2.82. The van der Waals surface area contributed by atoms with E-state index in [2.05, 4.69) is 20.2 Å². The van der Waals surface area contributed by atoms with Crippen LogP contribution in [0.4, 0.5) is 5.95 Å². The molecule has 0 fully saturated rings. The van der Waals surface area contributed by atoms with Crippen molar-refractivity contribution in [3.05, 3.63) is 17.8 Å². The lowest BCUT2D eigenvalue weighted by Gasteiger charge is -1.93. The van der Waals surface area contributed by atoms with Crippen molar-refractivity contribution in [3.63, 3.8) is 0 Å². The number of anilines is 1. The van der Waals surface area contributed by atoms with E-state index in [0.717, 1.165) is 5.01 Å². The van der Waals surface area contributed by atoms with Gasteiger partial charge in [-0.15, -0.1) is 16.4 Å². The molecule has 60 valence electrons. The molecule has 2 aromatic rings. The van der Waals surface area contributed by atoms with Gasteiger partial charge in [-0.2, -0.15) is 5.10 Å². The summed E-state index contributed by atoms with van der Waals surface area (Å²) in [4.78, 5) is 8.03. The van der Waals surface area contributed by atoms with E-state index in [1.807, 2.05) is 5.38 Å². The summed E-state index contributed by atoms with van der Waals surface area (Å²) in [5, 5.41) is 9.88. The largest absolute Gasteiger partial charge is 0.366 e. The highest BCUT2D eigenvalue weighted by Crippen LogP contribution is 2.17. The van der Waals surface area contributed by atoms with Gasteiger partial charge in [-0.25, -0.2) is 9.97 Å². The predicted molar refractivity (Wildman–Crippen MR) is 45.3 cm³/mol. The Hall–Kier alpha value is -1.56. The van der Waals surface area contributed by atoms with Crippen LogP contribution in [0.15, 0.2) is 17.8 Å². The molecule has 2 aromatic heterocycles. The third kappa shape index (κ3) is 1.24. The first-order valence-electron chi connectivity index (χ1n) is 3.21. The fourth-order valence-electron chi connectivity index (χ4n) is 0.770. The Morgan fingerprint density at radius 2 is 2.33 bits per heavy atom. The van der Waals surface area contributed by atoms with E-state index in [1.54, 1.807) is 6.20 Å². The minimum absolute atomic E-state index is 0.169. The number of nitrogens with zero attached hydrogens (tertiary/aromatic N) is 4. The molecule has 0 saturated carbocycles. The van der Waals surface area contributed by atoms with Gasteiger partial charge in [0.25, 0.3) is 0 Å². The van der Waals surface area contributed by atoms with Crippen LogP contribution < -0.4 is 5.73 Å². The quantitative estimate of drug-likeness (QED) is 0.692. The lowest BCUT2D eigenvalue weighted by atomic mass is 10.5. The molecule has 5 nitrogen and oxygen atoms in total. The van der Waals surface area contributed by atoms with Crippen LogP contribution in [0.2, 0.25) is 0 Å². The molecule has 6 heteroatoms. The standard InChI is InChI=1S/C6H5N5S/c7-6-10-4(3-9-11-6)5-8-1-2-12-5/h1-3H,(H2,7,10,11). The highest BCUT2D eigenvalue weighted by Gasteiger charge is 2.02. The zero-order valence-corrected chi connectivity index (χ0v) is 6.82. The summed E-state index contributed by atoms with van der Waals surface area (Å²) in [6.07, 6.45) is 3.24. The summed E-state index contributed by atoms with van der Waals surface area (Å²) in [6.45, 7) is 0. The number of nitrogen functional groups attached to an aromatic ring is 1. The molecule has 0 aromatic carbocycles. The summed E-state index contributed by atoms with van der Waals surface area (Å²) < 4.78 is 0. The van der Waals surface area contributed by atoms with Gasteiger partial charge in [0.2, 0.25) is 5.95 Å². The highest BCUT2D eigenvalue weighted by atomic mass is 32.1. The summed E-state index contributed by atoms with van der Waals surface area (Å²) >= 11 is 1.49. The van der Waals surface area contributed by atoms with Crippen molar-refractivity contribution < 1.29 is 0 Å². The number of aromatic nitrogens is 4. The van der Waals surface area contributed by atoms with E-state index in [1.165, 1.54) is 17.5 Å². The first-order chi connectivity index (χ1) is 5.86. The molecule has 0 saturated heterocycles. The summed E-state index contributed by atoms with van der Waals surface area (Å²) in [5.74, 6) is 0.169. The smallest absolute Gasteiger partial charge is 0.240 e. The summed E-state index contributed by atoms with van der Waals surface area (Å²) in [6, 6.07) is 0. The molecule has 2 rings (SSSR count). The van der Waals surface area contributed by atoms with Crippen LogP contribution in [0.5, 0.6) is 0 Å². The third-order valence-electron chi connectivity index (χ3n) is 1.23. The normalized spacial score (nSPS) is 10.0. The molecule has 0 aliphatic carbocycles. The van der Waals surface area contributed by atoms with Crippen molar-refractivity contribution in [2.24, 2.45) is 0 Å².